The third-order valence-electron chi connectivity index (χ3n) is 7.36. The van der Waals surface area contributed by atoms with Crippen LogP contribution in [0.3, 0.4) is 0 Å². The van der Waals surface area contributed by atoms with Gasteiger partial charge in [0.05, 0.1) is 11.6 Å². The standard InChI is InChI=1S/C28H35N7O4/c1-33-10-5-9-24(33)27(37)34(2)17-21-13-20-7-4-11-35(26(20)31-23(21)18-36)28(38)32-25-14-19(8-6-12-39-3)22(15-29)16-30-25/h13-14,16,18,24H,4-12,17H2,1-3H3,(H,30,32,38)/t24-/m0/s1. The van der Waals surface area contributed by atoms with Gasteiger partial charge in [0, 0.05) is 45.6 Å². The SMILES string of the molecule is COCCCc1cc(NC(=O)N2CCCc3cc(CN(C)C(=O)[C@@H]4CCCN4C)c(C=O)nc32)ncc1C#N. The Bertz CT molecular complexity index is 1280. The fourth-order valence-electron chi connectivity index (χ4n) is 5.25. The Labute approximate surface area is 228 Å². The molecule has 1 atom stereocenters. The summed E-state index contributed by atoms with van der Waals surface area (Å²) in [6.07, 6.45) is 6.75. The lowest BCUT2D eigenvalue weighted by Gasteiger charge is -2.30. The molecule has 0 unspecified atom stereocenters. The summed E-state index contributed by atoms with van der Waals surface area (Å²) in [5.74, 6) is 0.799. The molecule has 0 aliphatic carbocycles. The Morgan fingerprint density at radius 3 is 2.79 bits per heavy atom. The smallest absolute Gasteiger partial charge is 0.328 e. The topological polar surface area (TPSA) is 132 Å². The molecule has 206 valence electrons. The zero-order valence-corrected chi connectivity index (χ0v) is 22.8. The molecular formula is C28H35N7O4. The van der Waals surface area contributed by atoms with E-state index in [1.165, 1.54) is 11.1 Å². The van der Waals surface area contributed by atoms with Crippen LogP contribution in [0.4, 0.5) is 16.4 Å². The molecule has 0 bridgehead atoms. The molecule has 2 aromatic heterocycles. The van der Waals surface area contributed by atoms with Crippen LogP contribution < -0.4 is 10.2 Å². The van der Waals surface area contributed by atoms with Crippen LogP contribution in [0.1, 0.15) is 58.4 Å². The normalized spacial score (nSPS) is 16.9. The van der Waals surface area contributed by atoms with Crippen LogP contribution in [0.25, 0.3) is 0 Å². The van der Waals surface area contributed by atoms with E-state index in [9.17, 15) is 19.6 Å². The summed E-state index contributed by atoms with van der Waals surface area (Å²) in [7, 11) is 5.33. The lowest BCUT2D eigenvalue weighted by Crippen LogP contribution is -2.42. The minimum Gasteiger partial charge on any atom is -0.385 e. The predicted molar refractivity (Wildman–Crippen MR) is 146 cm³/mol. The van der Waals surface area contributed by atoms with Gasteiger partial charge in [-0.3, -0.25) is 24.7 Å². The van der Waals surface area contributed by atoms with Crippen molar-refractivity contribution in [2.45, 2.75) is 51.1 Å². The highest BCUT2D eigenvalue weighted by Gasteiger charge is 2.31. The van der Waals surface area contributed by atoms with Gasteiger partial charge in [0.15, 0.2) is 6.29 Å². The predicted octanol–water partition coefficient (Wildman–Crippen LogP) is 2.78. The van der Waals surface area contributed by atoms with E-state index in [4.69, 9.17) is 4.74 Å². The molecule has 39 heavy (non-hydrogen) atoms. The van der Waals surface area contributed by atoms with Gasteiger partial charge in [0.2, 0.25) is 5.91 Å². The fourth-order valence-corrected chi connectivity index (χ4v) is 5.25. The molecule has 0 aromatic carbocycles. The number of amides is 3. The molecule has 11 nitrogen and oxygen atoms in total. The molecule has 2 aliphatic rings. The maximum absolute atomic E-state index is 13.3. The molecule has 2 aromatic rings. The zero-order chi connectivity index (χ0) is 27.9. The number of nitrogens with one attached hydrogen (secondary N) is 1. The summed E-state index contributed by atoms with van der Waals surface area (Å²) >= 11 is 0. The van der Waals surface area contributed by atoms with Crippen LogP contribution in [0.2, 0.25) is 0 Å². The highest BCUT2D eigenvalue weighted by molar-refractivity contribution is 6.01. The average Bonchev–Trinajstić information content (AvgIpc) is 3.37. The number of hydrogen-bond acceptors (Lipinski definition) is 8. The van der Waals surface area contributed by atoms with Crippen LogP contribution >= 0.6 is 0 Å². The summed E-state index contributed by atoms with van der Waals surface area (Å²) < 4.78 is 5.10. The van der Waals surface area contributed by atoms with Crippen molar-refractivity contribution in [3.8, 4) is 6.07 Å². The van der Waals surface area contributed by atoms with Crippen molar-refractivity contribution in [2.24, 2.45) is 0 Å². The van der Waals surface area contributed by atoms with Gasteiger partial charge in [0.1, 0.15) is 23.4 Å². The van der Waals surface area contributed by atoms with E-state index >= 15 is 0 Å². The van der Waals surface area contributed by atoms with Gasteiger partial charge in [-0.05, 0) is 75.4 Å². The number of rotatable bonds is 9. The van der Waals surface area contributed by atoms with Gasteiger partial charge in [-0.1, -0.05) is 0 Å². The molecule has 0 saturated carbocycles. The second-order valence-corrected chi connectivity index (χ2v) is 10.1. The number of anilines is 2. The monoisotopic (exact) mass is 533 g/mol. The van der Waals surface area contributed by atoms with Crippen LogP contribution in [0.5, 0.6) is 0 Å². The Hall–Kier alpha value is -3.88. The lowest BCUT2D eigenvalue weighted by molar-refractivity contribution is -0.134. The van der Waals surface area contributed by atoms with Crippen molar-refractivity contribution in [2.75, 3.05) is 51.1 Å². The van der Waals surface area contributed by atoms with E-state index in [-0.39, 0.29) is 24.2 Å². The molecule has 4 heterocycles. The maximum Gasteiger partial charge on any atom is 0.328 e. The van der Waals surface area contributed by atoms with Crippen LogP contribution in [0, 0.1) is 11.3 Å². The number of aromatic nitrogens is 2. The first-order chi connectivity index (χ1) is 18.9. The van der Waals surface area contributed by atoms with Gasteiger partial charge in [-0.25, -0.2) is 14.8 Å². The fraction of sp³-hybridized carbons (Fsp3) is 0.500. The van der Waals surface area contributed by atoms with Gasteiger partial charge < -0.3 is 9.64 Å². The largest absolute Gasteiger partial charge is 0.385 e. The molecule has 2 aliphatic heterocycles. The number of nitrogens with zero attached hydrogens (tertiary/aromatic N) is 6. The number of aryl methyl sites for hydroxylation is 2. The number of ether oxygens (including phenoxy) is 1. The van der Waals surface area contributed by atoms with E-state index < -0.39 is 6.03 Å². The second kappa shape index (κ2) is 12.8. The highest BCUT2D eigenvalue weighted by atomic mass is 16.5. The van der Waals surface area contributed by atoms with Crippen LogP contribution in [-0.4, -0.2) is 84.9 Å². The minimum atomic E-state index is -0.412. The van der Waals surface area contributed by atoms with E-state index in [2.05, 4.69) is 26.3 Å². The summed E-state index contributed by atoms with van der Waals surface area (Å²) in [6.45, 7) is 2.17. The quantitative estimate of drug-likeness (QED) is 0.384. The van der Waals surface area contributed by atoms with Gasteiger partial charge in [-0.15, -0.1) is 0 Å². The molecule has 3 amide bonds. The molecule has 0 radical (unpaired) electrons. The van der Waals surface area contributed by atoms with Crippen molar-refractivity contribution in [1.29, 1.82) is 5.26 Å². The Morgan fingerprint density at radius 2 is 2.10 bits per heavy atom. The Morgan fingerprint density at radius 1 is 1.28 bits per heavy atom. The number of fused-ring (bicyclic) bond motifs is 1. The third kappa shape index (κ3) is 6.41. The molecule has 11 heteroatoms. The number of carbonyl (C=O) groups is 3. The molecular weight excluding hydrogens is 498 g/mol. The van der Waals surface area contributed by atoms with Crippen molar-refractivity contribution in [3.63, 3.8) is 0 Å². The zero-order valence-electron chi connectivity index (χ0n) is 22.8. The summed E-state index contributed by atoms with van der Waals surface area (Å²) in [5, 5.41) is 12.2. The molecule has 1 saturated heterocycles. The van der Waals surface area contributed by atoms with Gasteiger partial charge in [-0.2, -0.15) is 5.26 Å². The van der Waals surface area contributed by atoms with E-state index in [0.29, 0.717) is 55.0 Å². The maximum atomic E-state index is 13.3. The number of aldehydes is 1. The number of pyridine rings is 2. The number of likely N-dealkylation sites (tertiary alicyclic amines) is 1. The van der Waals surface area contributed by atoms with Crippen LogP contribution in [0.15, 0.2) is 18.3 Å². The minimum absolute atomic E-state index is 0.0297. The van der Waals surface area contributed by atoms with Gasteiger partial charge in [0.25, 0.3) is 0 Å². The molecule has 4 rings (SSSR count). The summed E-state index contributed by atoms with van der Waals surface area (Å²) in [4.78, 5) is 52.3. The molecule has 1 N–H and O–H groups in total. The van der Waals surface area contributed by atoms with E-state index in [0.717, 1.165) is 43.4 Å². The Balaban J connectivity index is 1.52. The first kappa shape index (κ1) is 28.1. The van der Waals surface area contributed by atoms with E-state index in [1.807, 2.05) is 13.1 Å². The van der Waals surface area contributed by atoms with E-state index in [1.54, 1.807) is 25.1 Å². The number of methoxy groups -OCH3 is 1. The third-order valence-corrected chi connectivity index (χ3v) is 7.36. The number of hydrogen-bond donors (Lipinski definition) is 1. The first-order valence-corrected chi connectivity index (χ1v) is 13.3. The van der Waals surface area contributed by atoms with Crippen molar-refractivity contribution in [1.82, 2.24) is 19.8 Å². The van der Waals surface area contributed by atoms with Crippen molar-refractivity contribution in [3.05, 3.63) is 46.3 Å². The molecule has 0 spiro atoms. The average molecular weight is 534 g/mol. The Kier molecular flexibility index (Phi) is 9.22. The number of carbonyl (C=O) groups excluding carboxylic acids is 3. The highest BCUT2D eigenvalue weighted by Crippen LogP contribution is 2.29. The number of likely N-dealkylation sites (N-methyl/N-ethyl adjacent to an activating group) is 2. The number of nitriles is 1. The number of urea groups is 1. The second-order valence-electron chi connectivity index (χ2n) is 10.1. The summed E-state index contributed by atoms with van der Waals surface area (Å²) in [5.41, 5.74) is 2.97. The first-order valence-electron chi connectivity index (χ1n) is 13.3. The van der Waals surface area contributed by atoms with Crippen molar-refractivity contribution < 1.29 is 19.1 Å². The molecule has 1 fully saturated rings. The van der Waals surface area contributed by atoms with Gasteiger partial charge >= 0.3 is 6.03 Å². The van der Waals surface area contributed by atoms with Crippen molar-refractivity contribution >= 4 is 29.9 Å². The summed E-state index contributed by atoms with van der Waals surface area (Å²) in [6, 6.07) is 5.18. The van der Waals surface area contributed by atoms with Crippen LogP contribution in [-0.2, 0) is 28.9 Å². The lowest BCUT2D eigenvalue weighted by atomic mass is 10.0.